The van der Waals surface area contributed by atoms with E-state index in [0.29, 0.717) is 24.8 Å². The molecule has 1 aromatic rings. The van der Waals surface area contributed by atoms with Gasteiger partial charge in [-0.05, 0) is 11.5 Å². The minimum atomic E-state index is -0.0982. The number of nitrogens with two attached hydrogens (primary N) is 1. The lowest BCUT2D eigenvalue weighted by Crippen LogP contribution is -2.34. The first kappa shape index (κ1) is 14.4. The minimum absolute atomic E-state index is 0.0352. The number of ether oxygens (including phenoxy) is 1. The van der Waals surface area contributed by atoms with E-state index in [4.69, 9.17) is 10.5 Å². The maximum Gasteiger partial charge on any atom is 0.221 e. The summed E-state index contributed by atoms with van der Waals surface area (Å²) in [5.74, 6) is 0.831. The average molecular weight is 251 g/mol. The van der Waals surface area contributed by atoms with Crippen molar-refractivity contribution < 1.29 is 9.53 Å². The van der Waals surface area contributed by atoms with Gasteiger partial charge in [-0.2, -0.15) is 0 Å². The third kappa shape index (κ3) is 4.71. The van der Waals surface area contributed by atoms with E-state index in [1.807, 2.05) is 19.9 Å². The molecule has 5 nitrogen and oxygen atoms in total. The van der Waals surface area contributed by atoms with E-state index in [1.54, 1.807) is 19.4 Å². The molecule has 1 unspecified atom stereocenters. The van der Waals surface area contributed by atoms with Gasteiger partial charge in [0, 0.05) is 31.3 Å². The predicted molar refractivity (Wildman–Crippen MR) is 70.1 cm³/mol. The molecule has 1 heterocycles. The third-order valence-corrected chi connectivity index (χ3v) is 2.77. The molecule has 0 aliphatic carbocycles. The largest absolute Gasteiger partial charge is 0.481 e. The normalized spacial score (nSPS) is 12.3. The number of nitrogens with one attached hydrogen (secondary N) is 1. The number of pyridine rings is 1. The molecule has 5 heteroatoms. The van der Waals surface area contributed by atoms with Gasteiger partial charge in [0.2, 0.25) is 11.8 Å². The van der Waals surface area contributed by atoms with Crippen LogP contribution in [0.4, 0.5) is 0 Å². The Morgan fingerprint density at radius 3 is 2.72 bits per heavy atom. The fourth-order valence-corrected chi connectivity index (χ4v) is 1.36. The second-order valence-electron chi connectivity index (χ2n) is 4.60. The zero-order valence-corrected chi connectivity index (χ0v) is 11.1. The number of carbonyl (C=O) groups is 1. The third-order valence-electron chi connectivity index (χ3n) is 2.77. The van der Waals surface area contributed by atoms with Crippen molar-refractivity contribution in [2.45, 2.75) is 32.9 Å². The highest BCUT2D eigenvalue weighted by Crippen LogP contribution is 2.07. The van der Waals surface area contributed by atoms with Gasteiger partial charge in [0.15, 0.2) is 0 Å². The summed E-state index contributed by atoms with van der Waals surface area (Å²) in [4.78, 5) is 15.7. The summed E-state index contributed by atoms with van der Waals surface area (Å²) in [6.07, 6.45) is 2.03. The standard InChI is InChI=1S/C13H21N3O2/c1-9(2)11(14)6-12(17)15-7-10-4-5-13(18-3)16-8-10/h4-5,8-9,11H,6-7,14H2,1-3H3,(H,15,17). The first-order chi connectivity index (χ1) is 8.52. The van der Waals surface area contributed by atoms with Crippen LogP contribution in [-0.4, -0.2) is 24.0 Å². The van der Waals surface area contributed by atoms with Crippen molar-refractivity contribution in [1.29, 1.82) is 0 Å². The number of hydrogen-bond donors (Lipinski definition) is 2. The van der Waals surface area contributed by atoms with Crippen molar-refractivity contribution in [3.05, 3.63) is 23.9 Å². The second kappa shape index (κ2) is 6.96. The van der Waals surface area contributed by atoms with Crippen molar-refractivity contribution in [3.63, 3.8) is 0 Å². The zero-order valence-electron chi connectivity index (χ0n) is 11.1. The van der Waals surface area contributed by atoms with Gasteiger partial charge in [-0.25, -0.2) is 4.98 Å². The Morgan fingerprint density at radius 1 is 1.50 bits per heavy atom. The van der Waals surface area contributed by atoms with Gasteiger partial charge in [0.05, 0.1) is 7.11 Å². The van der Waals surface area contributed by atoms with Gasteiger partial charge in [-0.3, -0.25) is 4.79 Å². The Hall–Kier alpha value is -1.62. The van der Waals surface area contributed by atoms with Crippen molar-refractivity contribution in [1.82, 2.24) is 10.3 Å². The molecule has 0 saturated carbocycles. The van der Waals surface area contributed by atoms with Crippen LogP contribution in [0.5, 0.6) is 5.88 Å². The van der Waals surface area contributed by atoms with E-state index in [-0.39, 0.29) is 11.9 Å². The summed E-state index contributed by atoms with van der Waals surface area (Å²) < 4.78 is 4.96. The number of carbonyl (C=O) groups excluding carboxylic acids is 1. The zero-order chi connectivity index (χ0) is 13.5. The molecule has 1 amide bonds. The lowest BCUT2D eigenvalue weighted by atomic mass is 10.0. The second-order valence-corrected chi connectivity index (χ2v) is 4.60. The fourth-order valence-electron chi connectivity index (χ4n) is 1.36. The monoisotopic (exact) mass is 251 g/mol. The molecule has 0 saturated heterocycles. The van der Waals surface area contributed by atoms with Crippen molar-refractivity contribution in [3.8, 4) is 5.88 Å². The van der Waals surface area contributed by atoms with Crippen LogP contribution in [0.25, 0.3) is 0 Å². The van der Waals surface area contributed by atoms with Crippen molar-refractivity contribution >= 4 is 5.91 Å². The maximum atomic E-state index is 11.6. The number of amides is 1. The van der Waals surface area contributed by atoms with Crippen molar-refractivity contribution in [2.24, 2.45) is 11.7 Å². The highest BCUT2D eigenvalue weighted by molar-refractivity contribution is 5.76. The van der Waals surface area contributed by atoms with E-state index in [1.165, 1.54) is 0 Å². The molecular formula is C13H21N3O2. The molecule has 0 aliphatic heterocycles. The first-order valence-corrected chi connectivity index (χ1v) is 6.04. The van der Waals surface area contributed by atoms with Crippen LogP contribution >= 0.6 is 0 Å². The summed E-state index contributed by atoms with van der Waals surface area (Å²) in [5.41, 5.74) is 6.77. The van der Waals surface area contributed by atoms with Crippen LogP contribution in [0.2, 0.25) is 0 Å². The highest BCUT2D eigenvalue weighted by Gasteiger charge is 2.12. The molecule has 1 rings (SSSR count). The van der Waals surface area contributed by atoms with Crippen LogP contribution in [0, 0.1) is 5.92 Å². The molecule has 0 bridgehead atoms. The highest BCUT2D eigenvalue weighted by atomic mass is 16.5. The first-order valence-electron chi connectivity index (χ1n) is 6.04. The van der Waals surface area contributed by atoms with Gasteiger partial charge in [0.25, 0.3) is 0 Å². The summed E-state index contributed by atoms with van der Waals surface area (Å²) in [6, 6.07) is 3.54. The molecule has 0 aliphatic rings. The summed E-state index contributed by atoms with van der Waals surface area (Å²) in [6.45, 7) is 4.47. The Balaban J connectivity index is 2.37. The van der Waals surface area contributed by atoms with Gasteiger partial charge in [0.1, 0.15) is 0 Å². The Labute approximate surface area is 108 Å². The van der Waals surface area contributed by atoms with Gasteiger partial charge >= 0.3 is 0 Å². The summed E-state index contributed by atoms with van der Waals surface area (Å²) in [5, 5.41) is 2.82. The van der Waals surface area contributed by atoms with E-state index in [0.717, 1.165) is 5.56 Å². The van der Waals surface area contributed by atoms with Gasteiger partial charge < -0.3 is 15.8 Å². The molecular weight excluding hydrogens is 230 g/mol. The lowest BCUT2D eigenvalue weighted by molar-refractivity contribution is -0.121. The topological polar surface area (TPSA) is 77.2 Å². The van der Waals surface area contributed by atoms with Crippen LogP contribution in [0.15, 0.2) is 18.3 Å². The fraction of sp³-hybridized carbons (Fsp3) is 0.538. The Morgan fingerprint density at radius 2 is 2.22 bits per heavy atom. The summed E-state index contributed by atoms with van der Waals surface area (Å²) in [7, 11) is 1.57. The van der Waals surface area contributed by atoms with Crippen molar-refractivity contribution in [2.75, 3.05) is 7.11 Å². The number of hydrogen-bond acceptors (Lipinski definition) is 4. The molecule has 1 aromatic heterocycles. The molecule has 100 valence electrons. The molecule has 0 fully saturated rings. The van der Waals surface area contributed by atoms with Crippen LogP contribution in [-0.2, 0) is 11.3 Å². The van der Waals surface area contributed by atoms with E-state index >= 15 is 0 Å². The number of aromatic nitrogens is 1. The molecule has 1 atom stereocenters. The lowest BCUT2D eigenvalue weighted by Gasteiger charge is -2.15. The van der Waals surface area contributed by atoms with E-state index in [9.17, 15) is 4.79 Å². The predicted octanol–water partition coefficient (Wildman–Crippen LogP) is 1.08. The van der Waals surface area contributed by atoms with Gasteiger partial charge in [-0.1, -0.05) is 19.9 Å². The number of methoxy groups -OCH3 is 1. The Bertz CT molecular complexity index is 376. The summed E-state index contributed by atoms with van der Waals surface area (Å²) >= 11 is 0. The maximum absolute atomic E-state index is 11.6. The smallest absolute Gasteiger partial charge is 0.221 e. The molecule has 0 spiro atoms. The number of nitrogens with zero attached hydrogens (tertiary/aromatic N) is 1. The molecule has 0 radical (unpaired) electrons. The quantitative estimate of drug-likeness (QED) is 0.793. The molecule has 18 heavy (non-hydrogen) atoms. The van der Waals surface area contributed by atoms with E-state index in [2.05, 4.69) is 10.3 Å². The molecule has 0 aromatic carbocycles. The van der Waals surface area contributed by atoms with Crippen LogP contribution in [0.1, 0.15) is 25.8 Å². The Kier molecular flexibility index (Phi) is 5.58. The average Bonchev–Trinajstić information content (AvgIpc) is 2.36. The van der Waals surface area contributed by atoms with Crippen LogP contribution in [0.3, 0.4) is 0 Å². The number of rotatable bonds is 6. The molecule has 3 N–H and O–H groups in total. The van der Waals surface area contributed by atoms with Gasteiger partial charge in [-0.15, -0.1) is 0 Å². The van der Waals surface area contributed by atoms with E-state index < -0.39 is 0 Å². The van der Waals surface area contributed by atoms with Crippen LogP contribution < -0.4 is 15.8 Å². The SMILES string of the molecule is COc1ccc(CNC(=O)CC(N)C(C)C)cn1. The minimum Gasteiger partial charge on any atom is -0.481 e.